The van der Waals surface area contributed by atoms with Gasteiger partial charge in [0.25, 0.3) is 12.3 Å². The summed E-state index contributed by atoms with van der Waals surface area (Å²) in [6, 6.07) is 3.44. The summed E-state index contributed by atoms with van der Waals surface area (Å²) in [5, 5.41) is 2.36. The molecule has 1 aromatic heterocycles. The fourth-order valence-electron chi connectivity index (χ4n) is 3.73. The number of halogens is 5. The molecule has 0 bridgehead atoms. The van der Waals surface area contributed by atoms with Crippen molar-refractivity contribution in [2.75, 3.05) is 12.0 Å². The van der Waals surface area contributed by atoms with E-state index in [9.17, 15) is 22.4 Å². The van der Waals surface area contributed by atoms with Crippen LogP contribution in [0.1, 0.15) is 22.5 Å². The van der Waals surface area contributed by atoms with Gasteiger partial charge < -0.3 is 11.1 Å². The molecular weight excluding hydrogens is 446 g/mol. The third-order valence-corrected chi connectivity index (χ3v) is 6.76. The van der Waals surface area contributed by atoms with Crippen LogP contribution >= 0.6 is 23.4 Å². The van der Waals surface area contributed by atoms with Gasteiger partial charge in [0.1, 0.15) is 28.9 Å². The first kappa shape index (κ1) is 20.9. The Hall–Kier alpha value is -2.40. The predicted octanol–water partition coefficient (Wildman–Crippen LogP) is 3.77. The largest absolute Gasteiger partial charge is 0.378 e. The van der Waals surface area contributed by atoms with Crippen molar-refractivity contribution in [2.45, 2.75) is 23.1 Å². The van der Waals surface area contributed by atoms with Gasteiger partial charge in [-0.1, -0.05) is 23.4 Å². The SMILES string of the molecule is NC1=N[C@](CF)(c2cc(NC(=O)c3cnc(Cl)cn3)ccc2F)[C@@H]2C[C@]2(C(F)F)S1. The van der Waals surface area contributed by atoms with Crippen LogP contribution in [0.15, 0.2) is 35.6 Å². The smallest absolute Gasteiger partial charge is 0.275 e. The van der Waals surface area contributed by atoms with Gasteiger partial charge >= 0.3 is 0 Å². The zero-order valence-electron chi connectivity index (χ0n) is 15.1. The van der Waals surface area contributed by atoms with E-state index < -0.39 is 41.0 Å². The summed E-state index contributed by atoms with van der Waals surface area (Å²) in [6.45, 7) is -1.22. The molecule has 30 heavy (non-hydrogen) atoms. The molecule has 3 atom stereocenters. The van der Waals surface area contributed by atoms with Crippen molar-refractivity contribution in [1.82, 2.24) is 9.97 Å². The lowest BCUT2D eigenvalue weighted by molar-refractivity contribution is 0.102. The van der Waals surface area contributed by atoms with Crippen LogP contribution in [0, 0.1) is 11.7 Å². The molecule has 1 aromatic carbocycles. The second-order valence-electron chi connectivity index (χ2n) is 7.00. The van der Waals surface area contributed by atoms with Gasteiger partial charge in [0.15, 0.2) is 5.17 Å². The number of rotatable bonds is 5. The fourth-order valence-corrected chi connectivity index (χ4v) is 5.10. The summed E-state index contributed by atoms with van der Waals surface area (Å²) in [6.07, 6.45) is -0.504. The molecule has 1 saturated carbocycles. The number of anilines is 1. The summed E-state index contributed by atoms with van der Waals surface area (Å²) in [5.41, 5.74) is 3.63. The minimum atomic E-state index is -2.78. The molecule has 1 fully saturated rings. The average molecular weight is 460 g/mol. The molecule has 6 nitrogen and oxygen atoms in total. The highest BCUT2D eigenvalue weighted by Gasteiger charge is 2.72. The Morgan fingerprint density at radius 1 is 1.37 bits per heavy atom. The van der Waals surface area contributed by atoms with Crippen molar-refractivity contribution in [2.24, 2.45) is 16.6 Å². The summed E-state index contributed by atoms with van der Waals surface area (Å²) < 4.78 is 54.7. The molecule has 0 unspecified atom stereocenters. The van der Waals surface area contributed by atoms with E-state index in [1.165, 1.54) is 18.3 Å². The van der Waals surface area contributed by atoms with Gasteiger partial charge in [0.05, 0.1) is 17.1 Å². The Morgan fingerprint density at radius 3 is 2.77 bits per heavy atom. The number of carbonyl (C=O) groups excluding carboxylic acids is 1. The van der Waals surface area contributed by atoms with Crippen LogP contribution in [-0.4, -0.2) is 38.9 Å². The summed E-state index contributed by atoms with van der Waals surface area (Å²) in [7, 11) is 0. The second kappa shape index (κ2) is 7.38. The number of thioether (sulfide) groups is 1. The third kappa shape index (κ3) is 3.29. The molecule has 12 heteroatoms. The van der Waals surface area contributed by atoms with Crippen molar-refractivity contribution in [3.63, 3.8) is 0 Å². The highest BCUT2D eigenvalue weighted by molar-refractivity contribution is 8.15. The lowest BCUT2D eigenvalue weighted by atomic mass is 9.84. The molecule has 0 saturated heterocycles. The zero-order chi connectivity index (χ0) is 21.7. The van der Waals surface area contributed by atoms with Gasteiger partial charge in [-0.05, 0) is 24.6 Å². The first-order valence-electron chi connectivity index (χ1n) is 8.69. The van der Waals surface area contributed by atoms with Crippen LogP contribution < -0.4 is 11.1 Å². The van der Waals surface area contributed by atoms with Crippen molar-refractivity contribution < 1.29 is 22.4 Å². The number of nitrogens with one attached hydrogen (secondary N) is 1. The second-order valence-corrected chi connectivity index (χ2v) is 8.77. The number of fused-ring (bicyclic) bond motifs is 1. The van der Waals surface area contributed by atoms with Gasteiger partial charge in [-0.2, -0.15) is 0 Å². The first-order valence-corrected chi connectivity index (χ1v) is 9.88. The van der Waals surface area contributed by atoms with Crippen LogP contribution in [0.5, 0.6) is 0 Å². The molecule has 2 aromatic rings. The van der Waals surface area contributed by atoms with Crippen LogP contribution in [-0.2, 0) is 5.54 Å². The van der Waals surface area contributed by atoms with Gasteiger partial charge in [-0.15, -0.1) is 0 Å². The highest BCUT2D eigenvalue weighted by Crippen LogP contribution is 2.68. The molecule has 0 spiro atoms. The number of nitrogens with two attached hydrogens (primary N) is 1. The van der Waals surface area contributed by atoms with Crippen molar-refractivity contribution in [1.29, 1.82) is 0 Å². The quantitative estimate of drug-likeness (QED) is 0.664. The molecule has 1 amide bonds. The van der Waals surface area contributed by atoms with E-state index in [-0.39, 0.29) is 33.7 Å². The number of amidine groups is 1. The van der Waals surface area contributed by atoms with E-state index >= 15 is 0 Å². The minimum absolute atomic E-state index is 0.0549. The normalized spacial score (nSPS) is 27.4. The lowest BCUT2D eigenvalue weighted by Gasteiger charge is -2.35. The van der Waals surface area contributed by atoms with Crippen molar-refractivity contribution in [3.05, 3.63) is 52.8 Å². The van der Waals surface area contributed by atoms with Crippen molar-refractivity contribution in [3.8, 4) is 0 Å². The summed E-state index contributed by atoms with van der Waals surface area (Å²) in [4.78, 5) is 24.0. The minimum Gasteiger partial charge on any atom is -0.378 e. The molecule has 0 radical (unpaired) electrons. The Labute approximate surface area is 177 Å². The Kier molecular flexibility index (Phi) is 5.13. The van der Waals surface area contributed by atoms with E-state index in [4.69, 9.17) is 17.3 Å². The number of aromatic nitrogens is 2. The number of benzene rings is 1. The van der Waals surface area contributed by atoms with E-state index in [0.717, 1.165) is 12.3 Å². The number of hydrogen-bond acceptors (Lipinski definition) is 6. The molecule has 1 aliphatic carbocycles. The number of nitrogens with zero attached hydrogens (tertiary/aromatic N) is 3. The van der Waals surface area contributed by atoms with E-state index in [0.29, 0.717) is 11.8 Å². The number of carbonyl (C=O) groups is 1. The van der Waals surface area contributed by atoms with E-state index in [2.05, 4.69) is 20.3 Å². The number of hydrogen-bond donors (Lipinski definition) is 2. The van der Waals surface area contributed by atoms with Crippen LogP contribution in [0.25, 0.3) is 0 Å². The average Bonchev–Trinajstić information content (AvgIpc) is 3.46. The molecule has 2 heterocycles. The van der Waals surface area contributed by atoms with Crippen molar-refractivity contribution >= 4 is 40.1 Å². The predicted molar refractivity (Wildman–Crippen MR) is 105 cm³/mol. The summed E-state index contributed by atoms with van der Waals surface area (Å²) in [5.74, 6) is -2.44. The zero-order valence-corrected chi connectivity index (χ0v) is 16.7. The van der Waals surface area contributed by atoms with Crippen LogP contribution in [0.2, 0.25) is 5.15 Å². The van der Waals surface area contributed by atoms with E-state index in [1.807, 2.05) is 0 Å². The van der Waals surface area contributed by atoms with Gasteiger partial charge in [-0.25, -0.2) is 32.5 Å². The third-order valence-electron chi connectivity index (χ3n) is 5.25. The highest BCUT2D eigenvalue weighted by atomic mass is 35.5. The lowest BCUT2D eigenvalue weighted by Crippen LogP contribution is -2.42. The van der Waals surface area contributed by atoms with Gasteiger partial charge in [0, 0.05) is 17.2 Å². The number of amides is 1. The molecule has 1 aliphatic heterocycles. The van der Waals surface area contributed by atoms with Crippen LogP contribution in [0.4, 0.5) is 23.2 Å². The molecular formula is C18H14ClF4N5OS. The van der Waals surface area contributed by atoms with Crippen LogP contribution in [0.3, 0.4) is 0 Å². The maximum absolute atomic E-state index is 14.7. The maximum Gasteiger partial charge on any atom is 0.275 e. The topological polar surface area (TPSA) is 93.3 Å². The molecule has 158 valence electrons. The molecule has 3 N–H and O–H groups in total. The Morgan fingerprint density at radius 2 is 2.13 bits per heavy atom. The van der Waals surface area contributed by atoms with E-state index in [1.54, 1.807) is 0 Å². The summed E-state index contributed by atoms with van der Waals surface area (Å²) >= 11 is 6.33. The Bertz CT molecular complexity index is 1040. The molecule has 2 aliphatic rings. The maximum atomic E-state index is 14.7. The monoisotopic (exact) mass is 459 g/mol. The van der Waals surface area contributed by atoms with Gasteiger partial charge in [-0.3, -0.25) is 4.79 Å². The number of aliphatic imine (C=N–C) groups is 1. The fraction of sp³-hybridized carbons (Fsp3) is 0.333. The Balaban J connectivity index is 1.70. The molecule has 4 rings (SSSR count). The first-order chi connectivity index (χ1) is 14.2. The van der Waals surface area contributed by atoms with Gasteiger partial charge in [0.2, 0.25) is 0 Å². The standard InChI is InChI=1S/C18H14ClF4N5OS/c19-13-6-25-11(5-26-13)14(29)27-8-1-2-10(21)9(3-8)17(7-20)12-4-18(12,15(22)23)30-16(24)28-17/h1-3,5-6,12,15H,4,7H2,(H2,24,28)(H,27,29)/t12-,17+,18-/m0/s1. The number of alkyl halides is 3.